The smallest absolute Gasteiger partial charge is 0.257 e. The molecular weight excluding hydrogens is 282 g/mol. The van der Waals surface area contributed by atoms with Crippen molar-refractivity contribution in [1.29, 1.82) is 0 Å². The lowest BCUT2D eigenvalue weighted by Gasteiger charge is -2.06. The maximum atomic E-state index is 11.9. The van der Waals surface area contributed by atoms with Crippen LogP contribution < -0.4 is 5.32 Å². The first-order valence-corrected chi connectivity index (χ1v) is 7.75. The number of carbonyl (C=O) groups excluding carboxylic acids is 1. The molecular formula is C12H13N3O2S2. The van der Waals surface area contributed by atoms with Gasteiger partial charge in [-0.05, 0) is 24.3 Å². The Morgan fingerprint density at radius 2 is 2.00 bits per heavy atom. The fraction of sp³-hybridized carbons (Fsp3) is 0.250. The van der Waals surface area contributed by atoms with Crippen LogP contribution in [0.5, 0.6) is 0 Å². The Morgan fingerprint density at radius 3 is 2.53 bits per heavy atom. The number of nitrogens with one attached hydrogen (secondary N) is 1. The third kappa shape index (κ3) is 3.45. The largest absolute Gasteiger partial charge is 0.296 e. The van der Waals surface area contributed by atoms with E-state index < -0.39 is 10.8 Å². The van der Waals surface area contributed by atoms with E-state index in [9.17, 15) is 9.00 Å². The van der Waals surface area contributed by atoms with Gasteiger partial charge in [-0.3, -0.25) is 14.3 Å². The van der Waals surface area contributed by atoms with Crippen LogP contribution in [0.1, 0.15) is 24.2 Å². The number of carbonyl (C=O) groups is 1. The van der Waals surface area contributed by atoms with Crippen LogP contribution >= 0.6 is 11.3 Å². The summed E-state index contributed by atoms with van der Waals surface area (Å²) in [4.78, 5) is 12.6. The fourth-order valence-corrected chi connectivity index (χ4v) is 2.80. The van der Waals surface area contributed by atoms with E-state index in [1.807, 2.05) is 13.8 Å². The molecule has 0 radical (unpaired) electrons. The van der Waals surface area contributed by atoms with E-state index in [-0.39, 0.29) is 11.2 Å². The molecule has 0 aliphatic heterocycles. The standard InChI is InChI=1S/C12H13N3O2S2/c1-8(2)19(17)10-5-3-9(4-6-10)11(16)14-12-15-13-7-18-12/h3-8H,1-2H3,(H,14,15,16). The lowest BCUT2D eigenvalue weighted by Crippen LogP contribution is -2.12. The maximum absolute atomic E-state index is 11.9. The number of rotatable bonds is 4. The van der Waals surface area contributed by atoms with Crippen molar-refractivity contribution in [2.45, 2.75) is 24.0 Å². The third-order valence-electron chi connectivity index (χ3n) is 2.36. The first-order chi connectivity index (χ1) is 9.08. The highest BCUT2D eigenvalue weighted by Crippen LogP contribution is 2.14. The van der Waals surface area contributed by atoms with Crippen LogP contribution in [0.25, 0.3) is 0 Å². The minimum atomic E-state index is -1.04. The summed E-state index contributed by atoms with van der Waals surface area (Å²) in [7, 11) is -1.04. The maximum Gasteiger partial charge on any atom is 0.257 e. The molecule has 100 valence electrons. The Balaban J connectivity index is 2.10. The van der Waals surface area contributed by atoms with Crippen LogP contribution in [0.3, 0.4) is 0 Å². The molecule has 1 heterocycles. The van der Waals surface area contributed by atoms with Crippen LogP contribution in [0.2, 0.25) is 0 Å². The van der Waals surface area contributed by atoms with Gasteiger partial charge in [0.1, 0.15) is 5.51 Å². The van der Waals surface area contributed by atoms with Gasteiger partial charge in [-0.15, -0.1) is 10.2 Å². The summed E-state index contributed by atoms with van der Waals surface area (Å²) in [6.07, 6.45) is 0. The summed E-state index contributed by atoms with van der Waals surface area (Å²) in [6, 6.07) is 6.74. The van der Waals surface area contributed by atoms with Crippen LogP contribution in [0, 0.1) is 0 Å². The van der Waals surface area contributed by atoms with Crippen molar-refractivity contribution in [1.82, 2.24) is 10.2 Å². The molecule has 1 atom stereocenters. The summed E-state index contributed by atoms with van der Waals surface area (Å²) in [5.74, 6) is -0.251. The second-order valence-corrected chi connectivity index (χ2v) is 6.91. The zero-order valence-corrected chi connectivity index (χ0v) is 12.1. The molecule has 0 aliphatic rings. The molecule has 0 spiro atoms. The quantitative estimate of drug-likeness (QED) is 0.939. The molecule has 1 aromatic heterocycles. The molecule has 1 N–H and O–H groups in total. The average molecular weight is 295 g/mol. The van der Waals surface area contributed by atoms with Crippen molar-refractivity contribution in [3.8, 4) is 0 Å². The monoisotopic (exact) mass is 295 g/mol. The second kappa shape index (κ2) is 6.03. The van der Waals surface area contributed by atoms with E-state index in [1.165, 1.54) is 11.3 Å². The van der Waals surface area contributed by atoms with Crippen molar-refractivity contribution in [2.75, 3.05) is 5.32 Å². The SMILES string of the molecule is CC(C)S(=O)c1ccc(C(=O)Nc2nncs2)cc1. The van der Waals surface area contributed by atoms with Gasteiger partial charge in [-0.1, -0.05) is 25.2 Å². The van der Waals surface area contributed by atoms with Gasteiger partial charge in [0.25, 0.3) is 5.91 Å². The van der Waals surface area contributed by atoms with Crippen LogP contribution in [0.4, 0.5) is 5.13 Å². The van der Waals surface area contributed by atoms with E-state index in [1.54, 1.807) is 29.8 Å². The Kier molecular flexibility index (Phi) is 4.39. The summed E-state index contributed by atoms with van der Waals surface area (Å²) in [5.41, 5.74) is 2.05. The van der Waals surface area contributed by atoms with Gasteiger partial charge in [-0.2, -0.15) is 0 Å². The number of hydrogen-bond donors (Lipinski definition) is 1. The fourth-order valence-electron chi connectivity index (χ4n) is 1.41. The van der Waals surface area contributed by atoms with E-state index in [0.29, 0.717) is 10.7 Å². The van der Waals surface area contributed by atoms with Gasteiger partial charge in [0, 0.05) is 15.7 Å². The second-order valence-electron chi connectivity index (χ2n) is 4.07. The minimum absolute atomic E-state index is 0.0565. The molecule has 1 amide bonds. The summed E-state index contributed by atoms with van der Waals surface area (Å²) in [6.45, 7) is 3.79. The van der Waals surface area contributed by atoms with Crippen LogP contribution in [-0.4, -0.2) is 25.6 Å². The Hall–Kier alpha value is -1.60. The van der Waals surface area contributed by atoms with Crippen LogP contribution in [-0.2, 0) is 10.8 Å². The number of benzene rings is 1. The summed E-state index contributed by atoms with van der Waals surface area (Å²) in [5, 5.41) is 10.5. The normalized spacial score (nSPS) is 12.4. The molecule has 0 fully saturated rings. The molecule has 1 unspecified atom stereocenters. The highest BCUT2D eigenvalue weighted by molar-refractivity contribution is 7.85. The summed E-state index contributed by atoms with van der Waals surface area (Å²) < 4.78 is 11.9. The molecule has 2 rings (SSSR count). The number of nitrogens with zero attached hydrogens (tertiary/aromatic N) is 2. The first kappa shape index (κ1) is 13.8. The molecule has 2 aromatic rings. The van der Waals surface area contributed by atoms with Gasteiger partial charge >= 0.3 is 0 Å². The first-order valence-electron chi connectivity index (χ1n) is 5.66. The average Bonchev–Trinajstić information content (AvgIpc) is 2.90. The van der Waals surface area contributed by atoms with Gasteiger partial charge in [0.15, 0.2) is 0 Å². The van der Waals surface area contributed by atoms with Crippen molar-refractivity contribution < 1.29 is 9.00 Å². The molecule has 7 heteroatoms. The van der Waals surface area contributed by atoms with E-state index in [4.69, 9.17) is 0 Å². The third-order valence-corrected chi connectivity index (χ3v) is 4.56. The van der Waals surface area contributed by atoms with Gasteiger partial charge < -0.3 is 0 Å². The predicted molar refractivity (Wildman–Crippen MR) is 75.8 cm³/mol. The highest BCUT2D eigenvalue weighted by Gasteiger charge is 2.11. The number of anilines is 1. The molecule has 19 heavy (non-hydrogen) atoms. The van der Waals surface area contributed by atoms with Gasteiger partial charge in [0.05, 0.1) is 10.8 Å². The van der Waals surface area contributed by atoms with Crippen LogP contribution in [0.15, 0.2) is 34.7 Å². The van der Waals surface area contributed by atoms with Crippen molar-refractivity contribution >= 4 is 33.2 Å². The number of hydrogen-bond acceptors (Lipinski definition) is 5. The zero-order valence-electron chi connectivity index (χ0n) is 10.5. The van der Waals surface area contributed by atoms with Crippen molar-refractivity contribution in [2.24, 2.45) is 0 Å². The molecule has 1 aromatic carbocycles. The number of aromatic nitrogens is 2. The highest BCUT2D eigenvalue weighted by atomic mass is 32.2. The Bertz CT molecular complexity index is 580. The minimum Gasteiger partial charge on any atom is -0.296 e. The zero-order chi connectivity index (χ0) is 13.8. The van der Waals surface area contributed by atoms with Gasteiger partial charge in [0.2, 0.25) is 5.13 Å². The molecule has 5 nitrogen and oxygen atoms in total. The lowest BCUT2D eigenvalue weighted by molar-refractivity contribution is 0.102. The summed E-state index contributed by atoms with van der Waals surface area (Å²) >= 11 is 1.26. The molecule has 0 bridgehead atoms. The molecule has 0 aliphatic carbocycles. The Morgan fingerprint density at radius 1 is 1.32 bits per heavy atom. The van der Waals surface area contributed by atoms with E-state index >= 15 is 0 Å². The van der Waals surface area contributed by atoms with Gasteiger partial charge in [-0.25, -0.2) is 0 Å². The van der Waals surface area contributed by atoms with E-state index in [0.717, 1.165) is 4.90 Å². The van der Waals surface area contributed by atoms with Crippen molar-refractivity contribution in [3.05, 3.63) is 35.3 Å². The molecule has 0 saturated heterocycles. The Labute approximate surface area is 117 Å². The van der Waals surface area contributed by atoms with Crippen molar-refractivity contribution in [3.63, 3.8) is 0 Å². The topological polar surface area (TPSA) is 72.0 Å². The van der Waals surface area contributed by atoms with E-state index in [2.05, 4.69) is 15.5 Å². The predicted octanol–water partition coefficient (Wildman–Crippen LogP) is 2.31. The molecule has 0 saturated carbocycles. The number of amides is 1. The lowest BCUT2D eigenvalue weighted by atomic mass is 10.2.